The first-order chi connectivity index (χ1) is 10.7. The number of nitrogens with zero attached hydrogens (tertiary/aromatic N) is 2. The molecule has 23 heavy (non-hydrogen) atoms. The number of carbonyl (C=O) groups excluding carboxylic acids is 1. The molecule has 0 unspecified atom stereocenters. The van der Waals surface area contributed by atoms with Gasteiger partial charge in [-0.2, -0.15) is 5.10 Å². The predicted octanol–water partition coefficient (Wildman–Crippen LogP) is 3.75. The minimum Gasteiger partial charge on any atom is -0.345 e. The van der Waals surface area contributed by atoms with Gasteiger partial charge in [-0.25, -0.2) is 0 Å². The Bertz CT molecular complexity index is 752. The molecule has 6 heteroatoms. The fourth-order valence-electron chi connectivity index (χ4n) is 2.58. The summed E-state index contributed by atoms with van der Waals surface area (Å²) in [6.07, 6.45) is 0. The lowest BCUT2D eigenvalue weighted by atomic mass is 9.83. The summed E-state index contributed by atoms with van der Waals surface area (Å²) in [7, 11) is 0. The molecule has 1 heterocycles. The smallest absolute Gasteiger partial charge is 0.251 e. The van der Waals surface area contributed by atoms with Crippen molar-refractivity contribution in [3.05, 3.63) is 46.0 Å². The van der Waals surface area contributed by atoms with Crippen molar-refractivity contribution in [3.63, 3.8) is 0 Å². The number of nitrogens with one attached hydrogen (secondary N) is 2. The quantitative estimate of drug-likeness (QED) is 0.838. The minimum atomic E-state index is -0.0975. The second-order valence-corrected chi connectivity index (χ2v) is 7.27. The molecule has 0 radical (unpaired) electrons. The Kier molecular flexibility index (Phi) is 5.04. The van der Waals surface area contributed by atoms with Crippen molar-refractivity contribution in [2.75, 3.05) is 0 Å². The summed E-state index contributed by atoms with van der Waals surface area (Å²) in [5, 5.41) is 9.93. The van der Waals surface area contributed by atoms with Crippen LogP contribution in [0.5, 0.6) is 0 Å². The summed E-state index contributed by atoms with van der Waals surface area (Å²) in [4.78, 5) is 12.6. The van der Waals surface area contributed by atoms with Crippen LogP contribution in [0.25, 0.3) is 0 Å². The zero-order chi connectivity index (χ0) is 17.2. The fourth-order valence-corrected chi connectivity index (χ4v) is 2.95. The predicted molar refractivity (Wildman–Crippen MR) is 94.1 cm³/mol. The zero-order valence-corrected chi connectivity index (χ0v) is 15.1. The molecule has 1 amide bonds. The van der Waals surface area contributed by atoms with Gasteiger partial charge in [0.15, 0.2) is 10.6 Å². The largest absolute Gasteiger partial charge is 0.345 e. The van der Waals surface area contributed by atoms with Crippen LogP contribution in [0.15, 0.2) is 24.3 Å². The fraction of sp³-hybridized carbons (Fsp3) is 0.471. The highest BCUT2D eigenvalue weighted by Gasteiger charge is 2.21. The van der Waals surface area contributed by atoms with E-state index >= 15 is 0 Å². The van der Waals surface area contributed by atoms with Crippen molar-refractivity contribution in [3.8, 4) is 0 Å². The normalized spacial score (nSPS) is 11.7. The van der Waals surface area contributed by atoms with Gasteiger partial charge in [-0.1, -0.05) is 39.0 Å². The van der Waals surface area contributed by atoms with Crippen LogP contribution in [0.2, 0.25) is 0 Å². The summed E-state index contributed by atoms with van der Waals surface area (Å²) >= 11 is 5.22. The van der Waals surface area contributed by atoms with Gasteiger partial charge >= 0.3 is 0 Å². The molecule has 2 rings (SSSR count). The van der Waals surface area contributed by atoms with E-state index in [2.05, 4.69) is 36.3 Å². The van der Waals surface area contributed by atoms with E-state index in [1.54, 1.807) is 0 Å². The summed E-state index contributed by atoms with van der Waals surface area (Å²) in [6, 6.07) is 7.89. The third-order valence-corrected chi connectivity index (χ3v) is 3.97. The van der Waals surface area contributed by atoms with E-state index in [1.165, 1.54) is 0 Å². The molecule has 2 N–H and O–H groups in total. The van der Waals surface area contributed by atoms with Crippen LogP contribution in [-0.4, -0.2) is 20.7 Å². The number of hydrogen-bond donors (Lipinski definition) is 2. The number of benzene rings is 1. The topological polar surface area (TPSA) is 62.7 Å². The first kappa shape index (κ1) is 17.4. The monoisotopic (exact) mass is 332 g/mol. The van der Waals surface area contributed by atoms with Gasteiger partial charge in [-0.3, -0.25) is 9.89 Å². The Labute approximate surface area is 142 Å². The molecule has 124 valence electrons. The number of aromatic amines is 1. The van der Waals surface area contributed by atoms with Crippen LogP contribution in [0.4, 0.5) is 0 Å². The third-order valence-electron chi connectivity index (χ3n) is 3.68. The maximum absolute atomic E-state index is 12.6. The number of amides is 1. The summed E-state index contributed by atoms with van der Waals surface area (Å²) in [5.41, 5.74) is 1.64. The highest BCUT2D eigenvalue weighted by molar-refractivity contribution is 7.71. The number of aromatic nitrogens is 3. The Hall–Kier alpha value is -1.95. The maximum Gasteiger partial charge on any atom is 0.251 e. The number of H-pyrrole nitrogens is 1. The first-order valence-corrected chi connectivity index (χ1v) is 8.16. The van der Waals surface area contributed by atoms with Gasteiger partial charge in [0, 0.05) is 11.6 Å². The molecule has 0 bridgehead atoms. The molecule has 1 aromatic heterocycles. The maximum atomic E-state index is 12.6. The van der Waals surface area contributed by atoms with Gasteiger partial charge in [-0.15, -0.1) is 0 Å². The van der Waals surface area contributed by atoms with E-state index in [0.29, 0.717) is 16.9 Å². The van der Waals surface area contributed by atoms with Crippen LogP contribution in [-0.2, 0) is 12.0 Å². The molecule has 1 aromatic carbocycles. The second kappa shape index (κ2) is 6.66. The lowest BCUT2D eigenvalue weighted by molar-refractivity contribution is 0.0947. The van der Waals surface area contributed by atoms with E-state index in [9.17, 15) is 4.79 Å². The van der Waals surface area contributed by atoms with Gasteiger partial charge in [-0.05, 0) is 43.1 Å². The van der Waals surface area contributed by atoms with Crippen molar-refractivity contribution in [1.82, 2.24) is 20.1 Å². The standard InChI is InChI=1S/C17H24N4OS/c1-11(2)21-14(19-20-16(21)23)10-18-15(22)12-8-6-7-9-13(12)17(3,4)5/h6-9,11H,10H2,1-5H3,(H,18,22)(H,20,23). The molecule has 5 nitrogen and oxygen atoms in total. The molecular weight excluding hydrogens is 308 g/mol. The van der Waals surface area contributed by atoms with E-state index in [-0.39, 0.29) is 17.4 Å². The van der Waals surface area contributed by atoms with Crippen LogP contribution >= 0.6 is 12.2 Å². The molecule has 0 aliphatic carbocycles. The molecule has 0 saturated heterocycles. The molecule has 0 fully saturated rings. The highest BCUT2D eigenvalue weighted by Crippen LogP contribution is 2.25. The van der Waals surface area contributed by atoms with E-state index in [1.807, 2.05) is 42.7 Å². The minimum absolute atomic E-state index is 0.0914. The number of hydrogen-bond acceptors (Lipinski definition) is 3. The van der Waals surface area contributed by atoms with Gasteiger partial charge in [0.25, 0.3) is 5.91 Å². The van der Waals surface area contributed by atoms with Gasteiger partial charge in [0.2, 0.25) is 0 Å². The summed E-state index contributed by atoms with van der Waals surface area (Å²) < 4.78 is 2.48. The first-order valence-electron chi connectivity index (χ1n) is 7.75. The van der Waals surface area contributed by atoms with Gasteiger partial charge in [0.05, 0.1) is 6.54 Å². The van der Waals surface area contributed by atoms with Crippen LogP contribution in [0.3, 0.4) is 0 Å². The van der Waals surface area contributed by atoms with Gasteiger partial charge < -0.3 is 9.88 Å². The van der Waals surface area contributed by atoms with Crippen LogP contribution in [0, 0.1) is 4.77 Å². The van der Waals surface area contributed by atoms with Crippen LogP contribution < -0.4 is 5.32 Å². The molecule has 0 aliphatic rings. The van der Waals surface area contributed by atoms with Crippen molar-refractivity contribution >= 4 is 18.1 Å². The molecular formula is C17H24N4OS. The Morgan fingerprint density at radius 3 is 2.61 bits per heavy atom. The van der Waals surface area contributed by atoms with E-state index < -0.39 is 0 Å². The van der Waals surface area contributed by atoms with Crippen molar-refractivity contribution in [2.45, 2.75) is 52.6 Å². The third kappa shape index (κ3) is 3.88. The summed E-state index contributed by atoms with van der Waals surface area (Å²) in [5.74, 6) is 0.631. The average molecular weight is 332 g/mol. The number of carbonyl (C=O) groups is 1. The van der Waals surface area contributed by atoms with Crippen molar-refractivity contribution in [1.29, 1.82) is 0 Å². The van der Waals surface area contributed by atoms with E-state index in [0.717, 1.165) is 11.4 Å². The SMILES string of the molecule is CC(C)n1c(CNC(=O)c2ccccc2C(C)(C)C)n[nH]c1=S. The molecule has 0 spiro atoms. The molecule has 2 aromatic rings. The van der Waals surface area contributed by atoms with Crippen molar-refractivity contribution < 1.29 is 4.79 Å². The lowest BCUT2D eigenvalue weighted by Crippen LogP contribution is -2.28. The Morgan fingerprint density at radius 1 is 1.35 bits per heavy atom. The molecule has 0 aliphatic heterocycles. The second-order valence-electron chi connectivity index (χ2n) is 6.89. The Morgan fingerprint density at radius 2 is 2.00 bits per heavy atom. The van der Waals surface area contributed by atoms with Crippen LogP contribution in [0.1, 0.15) is 62.4 Å². The van der Waals surface area contributed by atoms with Crippen molar-refractivity contribution in [2.24, 2.45) is 0 Å². The average Bonchev–Trinajstić information content (AvgIpc) is 2.85. The Balaban J connectivity index is 2.20. The number of rotatable bonds is 4. The lowest BCUT2D eigenvalue weighted by Gasteiger charge is -2.22. The zero-order valence-electron chi connectivity index (χ0n) is 14.3. The van der Waals surface area contributed by atoms with E-state index in [4.69, 9.17) is 12.2 Å². The van der Waals surface area contributed by atoms with Gasteiger partial charge in [0.1, 0.15) is 0 Å². The highest BCUT2D eigenvalue weighted by atomic mass is 32.1. The molecule has 0 saturated carbocycles. The summed E-state index contributed by atoms with van der Waals surface area (Å²) in [6.45, 7) is 10.7. The molecule has 0 atom stereocenters.